The Morgan fingerprint density at radius 1 is 1.15 bits per heavy atom. The molecule has 0 bridgehead atoms. The molecule has 2 aromatic rings. The molecule has 1 heterocycles. The summed E-state index contributed by atoms with van der Waals surface area (Å²) in [5.74, 6) is 0.685. The highest BCUT2D eigenvalue weighted by Crippen LogP contribution is 2.35. The van der Waals surface area contributed by atoms with Crippen LogP contribution < -0.4 is 15.8 Å². The largest absolute Gasteiger partial charge is 0.476 e. The average molecular weight is 334 g/mol. The van der Waals surface area contributed by atoms with Crippen molar-refractivity contribution in [2.75, 3.05) is 17.7 Å². The Kier molecular flexibility index (Phi) is 4.75. The van der Waals surface area contributed by atoms with Crippen LogP contribution >= 0.6 is 34.8 Å². The van der Waals surface area contributed by atoms with Crippen LogP contribution in [0.25, 0.3) is 0 Å². The van der Waals surface area contributed by atoms with Gasteiger partial charge >= 0.3 is 0 Å². The Bertz CT molecular complexity index is 636. The van der Waals surface area contributed by atoms with E-state index in [0.717, 1.165) is 0 Å². The first kappa shape index (κ1) is 15.0. The Balaban J connectivity index is 2.35. The van der Waals surface area contributed by atoms with Crippen LogP contribution in [0.1, 0.15) is 6.92 Å². The Morgan fingerprint density at radius 2 is 1.85 bits per heavy atom. The topological polar surface area (TPSA) is 73.1 Å². The van der Waals surface area contributed by atoms with E-state index >= 15 is 0 Å². The first-order valence-corrected chi connectivity index (χ1v) is 6.81. The summed E-state index contributed by atoms with van der Waals surface area (Å²) in [6, 6.07) is 3.13. The molecule has 0 aliphatic rings. The van der Waals surface area contributed by atoms with Crippen LogP contribution in [0.2, 0.25) is 15.1 Å². The van der Waals surface area contributed by atoms with E-state index in [0.29, 0.717) is 39.1 Å². The minimum atomic E-state index is 0.288. The van der Waals surface area contributed by atoms with Crippen molar-refractivity contribution < 1.29 is 4.74 Å². The highest BCUT2D eigenvalue weighted by Gasteiger charge is 2.12. The second-order valence-corrected chi connectivity index (χ2v) is 4.97. The van der Waals surface area contributed by atoms with E-state index in [4.69, 9.17) is 45.3 Å². The van der Waals surface area contributed by atoms with Crippen molar-refractivity contribution in [1.82, 2.24) is 9.97 Å². The molecule has 1 aromatic carbocycles. The molecule has 0 spiro atoms. The summed E-state index contributed by atoms with van der Waals surface area (Å²) in [4.78, 5) is 7.99. The molecule has 0 saturated carbocycles. The average Bonchev–Trinajstić information content (AvgIpc) is 2.40. The maximum absolute atomic E-state index is 6.08. The number of nitrogen functional groups attached to an aromatic ring is 1. The molecule has 0 radical (unpaired) electrons. The van der Waals surface area contributed by atoms with Crippen LogP contribution in [-0.4, -0.2) is 16.6 Å². The highest BCUT2D eigenvalue weighted by molar-refractivity contribution is 6.44. The first-order chi connectivity index (χ1) is 9.52. The van der Waals surface area contributed by atoms with Crippen molar-refractivity contribution in [3.05, 3.63) is 33.5 Å². The molecule has 3 N–H and O–H groups in total. The molecule has 0 atom stereocenters. The number of nitrogens with zero attached hydrogens (tertiary/aromatic N) is 2. The predicted molar refractivity (Wildman–Crippen MR) is 82.4 cm³/mol. The third kappa shape index (κ3) is 3.17. The lowest BCUT2D eigenvalue weighted by Crippen LogP contribution is -2.05. The molecule has 5 nitrogen and oxygen atoms in total. The molecule has 0 aliphatic heterocycles. The van der Waals surface area contributed by atoms with Gasteiger partial charge in [-0.25, -0.2) is 4.98 Å². The summed E-state index contributed by atoms with van der Waals surface area (Å²) < 4.78 is 5.29. The molecule has 2 rings (SSSR count). The van der Waals surface area contributed by atoms with E-state index in [9.17, 15) is 0 Å². The van der Waals surface area contributed by atoms with Crippen LogP contribution in [0.5, 0.6) is 5.88 Å². The lowest BCUT2D eigenvalue weighted by Gasteiger charge is -2.12. The summed E-state index contributed by atoms with van der Waals surface area (Å²) >= 11 is 17.9. The van der Waals surface area contributed by atoms with Gasteiger partial charge in [-0.2, -0.15) is 4.98 Å². The number of benzene rings is 1. The molecule has 0 fully saturated rings. The first-order valence-electron chi connectivity index (χ1n) is 5.67. The molecule has 0 saturated heterocycles. The monoisotopic (exact) mass is 332 g/mol. The van der Waals surface area contributed by atoms with Gasteiger partial charge in [0.05, 0.1) is 27.4 Å². The summed E-state index contributed by atoms with van der Waals surface area (Å²) in [5, 5.41) is 4.11. The number of nitrogens with one attached hydrogen (secondary N) is 1. The summed E-state index contributed by atoms with van der Waals surface area (Å²) in [6.07, 6.45) is 1.34. The second kappa shape index (κ2) is 6.35. The zero-order valence-electron chi connectivity index (χ0n) is 10.5. The van der Waals surface area contributed by atoms with Crippen LogP contribution in [-0.2, 0) is 0 Å². The van der Waals surface area contributed by atoms with Gasteiger partial charge in [-0.1, -0.05) is 34.8 Å². The maximum atomic E-state index is 6.08. The number of ether oxygens (including phenoxy) is 1. The fourth-order valence-corrected chi connectivity index (χ4v) is 2.07. The van der Waals surface area contributed by atoms with Crippen LogP contribution in [0.4, 0.5) is 17.2 Å². The Labute approximate surface area is 131 Å². The van der Waals surface area contributed by atoms with E-state index < -0.39 is 0 Å². The van der Waals surface area contributed by atoms with Crippen LogP contribution in [0.3, 0.4) is 0 Å². The Morgan fingerprint density at radius 3 is 2.55 bits per heavy atom. The smallest absolute Gasteiger partial charge is 0.242 e. The lowest BCUT2D eigenvalue weighted by atomic mass is 10.3. The lowest BCUT2D eigenvalue weighted by molar-refractivity contribution is 0.328. The molecular formula is C12H11Cl3N4O. The number of hydrogen-bond donors (Lipinski definition) is 2. The molecule has 0 aliphatic carbocycles. The van der Waals surface area contributed by atoms with Gasteiger partial charge in [-0.3, -0.25) is 0 Å². The SMILES string of the molecule is CCOc1ncnc(Nc2cc(Cl)c(Cl)cc2Cl)c1N. The number of hydrogen-bond acceptors (Lipinski definition) is 5. The van der Waals surface area contributed by atoms with E-state index in [1.807, 2.05) is 6.92 Å². The third-order valence-corrected chi connectivity index (χ3v) is 3.43. The molecule has 106 valence electrons. The number of anilines is 3. The Hall–Kier alpha value is -1.43. The zero-order valence-corrected chi connectivity index (χ0v) is 12.7. The normalized spacial score (nSPS) is 10.4. The van der Waals surface area contributed by atoms with Gasteiger partial charge in [0.2, 0.25) is 5.88 Å². The number of rotatable bonds is 4. The van der Waals surface area contributed by atoms with E-state index in [2.05, 4.69) is 15.3 Å². The highest BCUT2D eigenvalue weighted by atomic mass is 35.5. The van der Waals surface area contributed by atoms with Crippen molar-refractivity contribution in [3.8, 4) is 5.88 Å². The fraction of sp³-hybridized carbons (Fsp3) is 0.167. The minimum absolute atomic E-state index is 0.288. The summed E-state index contributed by atoms with van der Waals surface area (Å²) in [5.41, 5.74) is 6.75. The molecular weight excluding hydrogens is 323 g/mol. The molecule has 0 amide bonds. The maximum Gasteiger partial charge on any atom is 0.242 e. The van der Waals surface area contributed by atoms with Crippen molar-refractivity contribution in [1.29, 1.82) is 0 Å². The molecule has 0 unspecified atom stereocenters. The minimum Gasteiger partial charge on any atom is -0.476 e. The van der Waals surface area contributed by atoms with Crippen molar-refractivity contribution in [2.24, 2.45) is 0 Å². The van der Waals surface area contributed by atoms with Gasteiger partial charge in [0.1, 0.15) is 12.0 Å². The van der Waals surface area contributed by atoms with Crippen molar-refractivity contribution >= 4 is 52.0 Å². The van der Waals surface area contributed by atoms with Gasteiger partial charge < -0.3 is 15.8 Å². The number of aromatic nitrogens is 2. The van der Waals surface area contributed by atoms with Crippen molar-refractivity contribution in [3.63, 3.8) is 0 Å². The van der Waals surface area contributed by atoms with Crippen LogP contribution in [0.15, 0.2) is 18.5 Å². The van der Waals surface area contributed by atoms with E-state index in [-0.39, 0.29) is 5.69 Å². The molecule has 8 heteroatoms. The predicted octanol–water partition coefficient (Wildman–Crippen LogP) is 4.16. The fourth-order valence-electron chi connectivity index (χ4n) is 1.48. The van der Waals surface area contributed by atoms with Gasteiger partial charge in [-0.05, 0) is 19.1 Å². The van der Waals surface area contributed by atoms with Gasteiger partial charge in [0.25, 0.3) is 0 Å². The molecule has 1 aromatic heterocycles. The second-order valence-electron chi connectivity index (χ2n) is 3.75. The van der Waals surface area contributed by atoms with Gasteiger partial charge in [0.15, 0.2) is 5.82 Å². The number of nitrogens with two attached hydrogens (primary N) is 1. The van der Waals surface area contributed by atoms with Crippen molar-refractivity contribution in [2.45, 2.75) is 6.92 Å². The van der Waals surface area contributed by atoms with Crippen LogP contribution in [0, 0.1) is 0 Å². The summed E-state index contributed by atoms with van der Waals surface area (Å²) in [6.45, 7) is 2.29. The van der Waals surface area contributed by atoms with Gasteiger partial charge in [0, 0.05) is 0 Å². The van der Waals surface area contributed by atoms with E-state index in [1.54, 1.807) is 6.07 Å². The summed E-state index contributed by atoms with van der Waals surface area (Å²) in [7, 11) is 0. The third-order valence-electron chi connectivity index (χ3n) is 2.39. The quantitative estimate of drug-likeness (QED) is 0.822. The number of halogens is 3. The van der Waals surface area contributed by atoms with Gasteiger partial charge in [-0.15, -0.1) is 0 Å². The molecule has 20 heavy (non-hydrogen) atoms. The van der Waals surface area contributed by atoms with E-state index in [1.165, 1.54) is 12.4 Å². The zero-order chi connectivity index (χ0) is 14.7. The standard InChI is InChI=1S/C12H11Cl3N4O/c1-2-20-12-10(16)11(17-5-18-12)19-9-4-7(14)6(13)3-8(9)15/h3-5H,2,16H2,1H3,(H,17,18,19).